The number of carbonyl (C=O) groups excluding carboxylic acids is 2. The zero-order valence-electron chi connectivity index (χ0n) is 17.5. The van der Waals surface area contributed by atoms with E-state index in [1.54, 1.807) is 17.8 Å². The maximum atomic E-state index is 12.8. The van der Waals surface area contributed by atoms with E-state index in [-0.39, 0.29) is 11.9 Å². The average Bonchev–Trinajstić information content (AvgIpc) is 3.36. The third kappa shape index (κ3) is 3.56. The first-order valence-electron chi connectivity index (χ1n) is 10.5. The van der Waals surface area contributed by atoms with Crippen molar-refractivity contribution in [1.29, 1.82) is 0 Å². The van der Waals surface area contributed by atoms with Gasteiger partial charge in [-0.1, -0.05) is 0 Å². The van der Waals surface area contributed by atoms with Crippen LogP contribution in [0.4, 0.5) is 5.69 Å². The Morgan fingerprint density at radius 1 is 1.17 bits per heavy atom. The van der Waals surface area contributed by atoms with Crippen LogP contribution in [0.15, 0.2) is 6.20 Å². The molecule has 0 spiro atoms. The molecule has 8 heteroatoms. The lowest BCUT2D eigenvalue weighted by atomic mass is 9.94. The number of aryl methyl sites for hydroxylation is 2. The number of aromatic nitrogens is 3. The van der Waals surface area contributed by atoms with E-state index < -0.39 is 0 Å². The van der Waals surface area contributed by atoms with Gasteiger partial charge in [0, 0.05) is 45.3 Å². The highest BCUT2D eigenvalue weighted by Gasteiger charge is 2.32. The van der Waals surface area contributed by atoms with Crippen LogP contribution >= 0.6 is 0 Å². The van der Waals surface area contributed by atoms with Crippen molar-refractivity contribution in [2.24, 2.45) is 13.0 Å². The molecule has 8 nitrogen and oxygen atoms in total. The summed E-state index contributed by atoms with van der Waals surface area (Å²) in [6.45, 7) is 7.29. The summed E-state index contributed by atoms with van der Waals surface area (Å²) in [5.74, 6) is 0.00309. The van der Waals surface area contributed by atoms with Crippen molar-refractivity contribution in [2.45, 2.75) is 39.5 Å². The largest absolute Gasteiger partial charge is 0.462 e. The van der Waals surface area contributed by atoms with Crippen molar-refractivity contribution in [1.82, 2.24) is 19.7 Å². The van der Waals surface area contributed by atoms with Gasteiger partial charge in [-0.25, -0.2) is 9.78 Å². The van der Waals surface area contributed by atoms with E-state index >= 15 is 0 Å². The molecule has 4 heterocycles. The Kier molecular flexibility index (Phi) is 5.43. The van der Waals surface area contributed by atoms with Crippen molar-refractivity contribution in [3.63, 3.8) is 0 Å². The van der Waals surface area contributed by atoms with Gasteiger partial charge in [-0.3, -0.25) is 9.48 Å². The van der Waals surface area contributed by atoms with Crippen LogP contribution in [-0.4, -0.2) is 64.3 Å². The number of nitrogens with zero attached hydrogens (tertiary/aromatic N) is 5. The lowest BCUT2D eigenvalue weighted by molar-refractivity contribution is -0.135. The Morgan fingerprint density at radius 3 is 2.52 bits per heavy atom. The van der Waals surface area contributed by atoms with Crippen molar-refractivity contribution < 1.29 is 14.3 Å². The monoisotopic (exact) mass is 399 g/mol. The molecule has 1 amide bonds. The molecule has 4 rings (SSSR count). The molecule has 0 atom stereocenters. The molecule has 2 aromatic rings. The number of carbonyl (C=O) groups is 2. The van der Waals surface area contributed by atoms with Gasteiger partial charge in [0.05, 0.1) is 23.4 Å². The standard InChI is InChI=1S/C21H29N5O3/c1-4-29-21(28)16-13-22-19-17(14(2)23-24(19)3)18(16)25-11-7-15(8-12-25)20(27)26-9-5-6-10-26/h13,15H,4-12H2,1-3H3. The van der Waals surface area contributed by atoms with E-state index in [9.17, 15) is 9.59 Å². The van der Waals surface area contributed by atoms with Gasteiger partial charge in [0.1, 0.15) is 5.56 Å². The summed E-state index contributed by atoms with van der Waals surface area (Å²) in [6, 6.07) is 0. The van der Waals surface area contributed by atoms with Crippen LogP contribution in [0.25, 0.3) is 11.0 Å². The van der Waals surface area contributed by atoms with Gasteiger partial charge in [0.2, 0.25) is 5.91 Å². The van der Waals surface area contributed by atoms with Gasteiger partial charge in [-0.15, -0.1) is 0 Å². The molecule has 0 aromatic carbocycles. The summed E-state index contributed by atoms with van der Waals surface area (Å²) in [6.07, 6.45) is 5.41. The topological polar surface area (TPSA) is 80.6 Å². The minimum atomic E-state index is -0.365. The first-order chi connectivity index (χ1) is 14.0. The molecule has 0 bridgehead atoms. The van der Waals surface area contributed by atoms with Crippen molar-refractivity contribution >= 4 is 28.6 Å². The van der Waals surface area contributed by atoms with Gasteiger partial charge >= 0.3 is 5.97 Å². The van der Waals surface area contributed by atoms with Crippen LogP contribution < -0.4 is 4.90 Å². The summed E-state index contributed by atoms with van der Waals surface area (Å²) in [5.41, 5.74) is 2.90. The van der Waals surface area contributed by atoms with Gasteiger partial charge < -0.3 is 14.5 Å². The molecule has 2 saturated heterocycles. The molecular formula is C21H29N5O3. The maximum absolute atomic E-state index is 12.8. The second kappa shape index (κ2) is 8.00. The van der Waals surface area contributed by atoms with Gasteiger partial charge in [0.15, 0.2) is 5.65 Å². The second-order valence-electron chi connectivity index (χ2n) is 7.94. The van der Waals surface area contributed by atoms with E-state index in [2.05, 4.69) is 15.0 Å². The number of piperidine rings is 1. The first-order valence-corrected chi connectivity index (χ1v) is 10.5. The zero-order valence-corrected chi connectivity index (χ0v) is 17.5. The molecule has 0 saturated carbocycles. The lowest BCUT2D eigenvalue weighted by Crippen LogP contribution is -2.42. The Hall–Kier alpha value is -2.64. The third-order valence-electron chi connectivity index (χ3n) is 6.07. The molecule has 0 N–H and O–H groups in total. The fourth-order valence-corrected chi connectivity index (χ4v) is 4.63. The second-order valence-corrected chi connectivity index (χ2v) is 7.94. The fourth-order valence-electron chi connectivity index (χ4n) is 4.63. The van der Waals surface area contributed by atoms with Gasteiger partial charge in [-0.05, 0) is 39.5 Å². The lowest BCUT2D eigenvalue weighted by Gasteiger charge is -2.35. The molecule has 29 heavy (non-hydrogen) atoms. The van der Waals surface area contributed by atoms with Gasteiger partial charge in [-0.2, -0.15) is 5.10 Å². The predicted molar refractivity (Wildman–Crippen MR) is 110 cm³/mol. The number of esters is 1. The number of fused-ring (bicyclic) bond motifs is 1. The minimum absolute atomic E-state index is 0.0720. The highest BCUT2D eigenvalue weighted by molar-refractivity contribution is 6.05. The van der Waals surface area contributed by atoms with E-state index in [4.69, 9.17) is 4.74 Å². The number of pyridine rings is 1. The van der Waals surface area contributed by atoms with Crippen LogP contribution in [0.5, 0.6) is 0 Å². The number of ether oxygens (including phenoxy) is 1. The third-order valence-corrected chi connectivity index (χ3v) is 6.07. The van der Waals surface area contributed by atoms with Crippen LogP contribution in [0.2, 0.25) is 0 Å². The number of amides is 1. The SMILES string of the molecule is CCOC(=O)c1cnc2c(c(C)nn2C)c1N1CCC(C(=O)N2CCCC2)CC1. The van der Waals surface area contributed by atoms with Crippen molar-refractivity contribution in [3.05, 3.63) is 17.5 Å². The quantitative estimate of drug-likeness (QED) is 0.734. The molecule has 0 unspecified atom stereocenters. The average molecular weight is 399 g/mol. The summed E-state index contributed by atoms with van der Waals surface area (Å²) in [7, 11) is 1.86. The number of hydrogen-bond acceptors (Lipinski definition) is 6. The van der Waals surface area contributed by atoms with Gasteiger partial charge in [0.25, 0.3) is 0 Å². The minimum Gasteiger partial charge on any atom is -0.462 e. The van der Waals surface area contributed by atoms with Crippen LogP contribution in [0, 0.1) is 12.8 Å². The smallest absolute Gasteiger partial charge is 0.341 e. The molecule has 2 fully saturated rings. The molecule has 2 aromatic heterocycles. The Morgan fingerprint density at radius 2 is 1.86 bits per heavy atom. The molecule has 156 valence electrons. The summed E-state index contributed by atoms with van der Waals surface area (Å²) < 4.78 is 7.03. The first kappa shape index (κ1) is 19.7. The Bertz CT molecular complexity index is 924. The van der Waals surface area contributed by atoms with Crippen LogP contribution in [-0.2, 0) is 16.6 Å². The fraction of sp³-hybridized carbons (Fsp3) is 0.619. The molecular weight excluding hydrogens is 370 g/mol. The highest BCUT2D eigenvalue weighted by atomic mass is 16.5. The molecule has 0 radical (unpaired) electrons. The molecule has 2 aliphatic heterocycles. The maximum Gasteiger partial charge on any atom is 0.341 e. The summed E-state index contributed by atoms with van der Waals surface area (Å²) >= 11 is 0. The van der Waals surface area contributed by atoms with Crippen LogP contribution in [0.3, 0.4) is 0 Å². The molecule has 2 aliphatic rings. The molecule has 0 aliphatic carbocycles. The van der Waals surface area contributed by atoms with Crippen molar-refractivity contribution in [2.75, 3.05) is 37.7 Å². The Balaban J connectivity index is 1.63. The van der Waals surface area contributed by atoms with E-state index in [1.807, 2.05) is 18.9 Å². The van der Waals surface area contributed by atoms with E-state index in [0.29, 0.717) is 18.1 Å². The predicted octanol–water partition coefficient (Wildman–Crippen LogP) is 2.29. The van der Waals surface area contributed by atoms with Crippen LogP contribution in [0.1, 0.15) is 48.7 Å². The normalized spacial score (nSPS) is 17.9. The van der Waals surface area contributed by atoms with Crippen molar-refractivity contribution in [3.8, 4) is 0 Å². The van der Waals surface area contributed by atoms with E-state index in [0.717, 1.165) is 74.3 Å². The van der Waals surface area contributed by atoms with E-state index in [1.165, 1.54) is 0 Å². The number of hydrogen-bond donors (Lipinski definition) is 0. The number of anilines is 1. The zero-order chi connectivity index (χ0) is 20.5. The number of rotatable bonds is 4. The number of likely N-dealkylation sites (tertiary alicyclic amines) is 1. The summed E-state index contributed by atoms with van der Waals surface area (Å²) in [4.78, 5) is 34.1. The summed E-state index contributed by atoms with van der Waals surface area (Å²) in [5, 5.41) is 5.39. The highest BCUT2D eigenvalue weighted by Crippen LogP contribution is 2.35. The Labute approximate surface area is 170 Å².